The molecule has 2 amide bonds. The van der Waals surface area contributed by atoms with Crippen LogP contribution in [0.15, 0.2) is 55.1 Å². The van der Waals surface area contributed by atoms with Gasteiger partial charge in [0.15, 0.2) is 22.3 Å². The standard InChI is InChI=1S/C38H31N11O4/c1-15-25(50)9-5-18(29(15)48-34(40)28(36(42)53)22-12-21(17-3-4-17)37-43-13-45-49(37)38(22)48)11-23-19-6-7-20-27(35(41)52)33(39)47-30-16(2)26(51)10-8-24(30)46(14-44-23)31(19)32(20)47/h5-10,12-14,17,39H,3-4,11H2,1-2H3,(H8,40,41,42,50,51,52,53)/p+1. The van der Waals surface area contributed by atoms with Crippen LogP contribution in [0.5, 0.6) is 11.5 Å². The lowest BCUT2D eigenvalue weighted by molar-refractivity contribution is -0.460. The average molecular weight is 707 g/mol. The van der Waals surface area contributed by atoms with Gasteiger partial charge in [0, 0.05) is 39.3 Å². The second-order valence-corrected chi connectivity index (χ2v) is 13.9. The minimum atomic E-state index is -0.688. The SMILES string of the molecule is Cc1c(O)ccc(Cc2ncn3c4ccc(O)c(C)c4[n+]4c(N)c(C(N)=O)c5ccc2c3c54)c1-n1c(N)c(C(N)=O)c2cc(C3CC3)c3ncnn3c21. The molecular weight excluding hydrogens is 674 g/mol. The molecule has 1 aliphatic carbocycles. The average Bonchev–Trinajstić information content (AvgIpc) is 3.66. The van der Waals surface area contributed by atoms with Crippen molar-refractivity contribution in [2.24, 2.45) is 11.5 Å². The highest BCUT2D eigenvalue weighted by Crippen LogP contribution is 2.45. The molecule has 1 aliphatic rings. The Bertz CT molecular complexity index is 3130. The molecule has 0 radical (unpaired) electrons. The van der Waals surface area contributed by atoms with E-state index in [1.807, 2.05) is 22.6 Å². The van der Waals surface area contributed by atoms with Crippen LogP contribution in [0.25, 0.3) is 55.2 Å². The van der Waals surface area contributed by atoms with E-state index in [0.29, 0.717) is 67.0 Å². The summed E-state index contributed by atoms with van der Waals surface area (Å²) in [5.74, 6) is -0.691. The Morgan fingerprint density at radius 2 is 1.60 bits per heavy atom. The first-order valence-corrected chi connectivity index (χ1v) is 17.0. The lowest BCUT2D eigenvalue weighted by Gasteiger charge is -2.19. The molecule has 10 N–H and O–H groups in total. The number of nitrogen functional groups attached to an aromatic ring is 2. The van der Waals surface area contributed by atoms with E-state index in [2.05, 4.69) is 10.1 Å². The number of fused-ring (bicyclic) bond motifs is 6. The summed E-state index contributed by atoms with van der Waals surface area (Å²) in [6.45, 7) is 3.56. The molecule has 1 saturated carbocycles. The number of anilines is 2. The van der Waals surface area contributed by atoms with E-state index < -0.39 is 11.8 Å². The normalized spacial score (nSPS) is 13.5. The third kappa shape index (κ3) is 3.87. The van der Waals surface area contributed by atoms with Gasteiger partial charge in [-0.05, 0) is 68.5 Å². The summed E-state index contributed by atoms with van der Waals surface area (Å²) in [5, 5.41) is 28.3. The zero-order chi connectivity index (χ0) is 36.8. The quantitative estimate of drug-likeness (QED) is 0.0840. The molecule has 0 aliphatic heterocycles. The molecule has 0 atom stereocenters. The number of primary amides is 2. The molecule has 15 nitrogen and oxygen atoms in total. The lowest BCUT2D eigenvalue weighted by atomic mass is 9.99. The number of rotatable bonds is 6. The largest absolute Gasteiger partial charge is 0.508 e. The number of nitrogens with two attached hydrogens (primary N) is 4. The van der Waals surface area contributed by atoms with Crippen molar-refractivity contribution in [2.75, 3.05) is 11.5 Å². The minimum absolute atomic E-state index is 0.0254. The van der Waals surface area contributed by atoms with Gasteiger partial charge in [-0.1, -0.05) is 12.1 Å². The first kappa shape index (κ1) is 30.6. The van der Waals surface area contributed by atoms with Crippen LogP contribution < -0.4 is 27.3 Å². The molecule has 6 aromatic heterocycles. The third-order valence-corrected chi connectivity index (χ3v) is 11.0. The number of hydrogen-bond donors (Lipinski definition) is 6. The van der Waals surface area contributed by atoms with Crippen LogP contribution in [-0.2, 0) is 6.42 Å². The Morgan fingerprint density at radius 1 is 0.887 bits per heavy atom. The highest BCUT2D eigenvalue weighted by atomic mass is 16.3. The summed E-state index contributed by atoms with van der Waals surface area (Å²) in [5.41, 5.74) is 33.6. The fraction of sp³-hybridized carbons (Fsp3) is 0.158. The Morgan fingerprint density at radius 3 is 2.34 bits per heavy atom. The predicted octanol–water partition coefficient (Wildman–Crippen LogP) is 3.66. The fourth-order valence-electron chi connectivity index (χ4n) is 8.39. The summed E-state index contributed by atoms with van der Waals surface area (Å²) in [7, 11) is 0. The Kier molecular flexibility index (Phi) is 5.91. The van der Waals surface area contributed by atoms with Crippen molar-refractivity contribution >= 4 is 73.0 Å². The summed E-state index contributed by atoms with van der Waals surface area (Å²) < 4.78 is 7.11. The summed E-state index contributed by atoms with van der Waals surface area (Å²) in [6.07, 6.45) is 5.45. The van der Waals surface area contributed by atoms with Crippen molar-refractivity contribution in [1.82, 2.24) is 28.5 Å². The van der Waals surface area contributed by atoms with Crippen molar-refractivity contribution in [3.05, 3.63) is 94.2 Å². The number of aromatic nitrogens is 7. The van der Waals surface area contributed by atoms with Crippen molar-refractivity contribution < 1.29 is 24.2 Å². The van der Waals surface area contributed by atoms with Crippen molar-refractivity contribution in [3.8, 4) is 17.2 Å². The fourth-order valence-corrected chi connectivity index (χ4v) is 8.39. The Hall–Kier alpha value is -7.16. The van der Waals surface area contributed by atoms with E-state index >= 15 is 0 Å². The van der Waals surface area contributed by atoms with E-state index in [-0.39, 0.29) is 40.7 Å². The van der Waals surface area contributed by atoms with Gasteiger partial charge in [0.2, 0.25) is 0 Å². The van der Waals surface area contributed by atoms with Gasteiger partial charge in [-0.25, -0.2) is 9.97 Å². The van der Waals surface area contributed by atoms with Gasteiger partial charge in [0.25, 0.3) is 17.6 Å². The molecule has 1 fully saturated rings. The molecule has 53 heavy (non-hydrogen) atoms. The number of benzene rings is 3. The predicted molar refractivity (Wildman–Crippen MR) is 198 cm³/mol. The highest BCUT2D eigenvalue weighted by Gasteiger charge is 2.34. The number of hydrogen-bond acceptors (Lipinski definition) is 9. The Balaban J connectivity index is 1.27. The number of nitrogens with zero attached hydrogens (tertiary/aromatic N) is 7. The van der Waals surface area contributed by atoms with E-state index in [1.54, 1.807) is 57.9 Å². The zero-order valence-electron chi connectivity index (χ0n) is 28.5. The molecule has 0 spiro atoms. The number of aryl methyl sites for hydroxylation is 1. The van der Waals surface area contributed by atoms with E-state index in [1.165, 1.54) is 6.33 Å². The molecule has 0 unspecified atom stereocenters. The number of pyridine rings is 1. The lowest BCUT2D eigenvalue weighted by Crippen LogP contribution is -2.28. The first-order valence-electron chi connectivity index (χ1n) is 17.0. The molecule has 0 saturated heterocycles. The second-order valence-electron chi connectivity index (χ2n) is 13.9. The van der Waals surface area contributed by atoms with Crippen LogP contribution in [0.2, 0.25) is 0 Å². The van der Waals surface area contributed by atoms with Crippen molar-refractivity contribution in [3.63, 3.8) is 0 Å². The van der Waals surface area contributed by atoms with Crippen LogP contribution in [0, 0.1) is 13.8 Å². The third-order valence-electron chi connectivity index (χ3n) is 11.0. The van der Waals surface area contributed by atoms with Gasteiger partial charge >= 0.3 is 0 Å². The van der Waals surface area contributed by atoms with E-state index in [9.17, 15) is 19.8 Å². The topological polar surface area (TPSA) is 235 Å². The molecule has 262 valence electrons. The number of phenols is 2. The monoisotopic (exact) mass is 706 g/mol. The number of carbonyl (C=O) groups excluding carboxylic acids is 2. The van der Waals surface area contributed by atoms with E-state index in [4.69, 9.17) is 27.9 Å². The van der Waals surface area contributed by atoms with Crippen LogP contribution in [0.1, 0.15) is 67.4 Å². The molecule has 3 aromatic carbocycles. The van der Waals surface area contributed by atoms with Crippen molar-refractivity contribution in [2.45, 2.75) is 39.0 Å². The summed E-state index contributed by atoms with van der Waals surface area (Å²) in [6, 6.07) is 12.4. The van der Waals surface area contributed by atoms with Gasteiger partial charge in [-0.15, -0.1) is 0 Å². The molecule has 9 aromatic rings. The van der Waals surface area contributed by atoms with E-state index in [0.717, 1.165) is 34.9 Å². The van der Waals surface area contributed by atoms with Crippen LogP contribution in [0.3, 0.4) is 0 Å². The summed E-state index contributed by atoms with van der Waals surface area (Å²) in [4.78, 5) is 35.4. The van der Waals surface area contributed by atoms with Crippen LogP contribution >= 0.6 is 0 Å². The van der Waals surface area contributed by atoms with Gasteiger partial charge < -0.3 is 27.4 Å². The maximum atomic E-state index is 13.1. The van der Waals surface area contributed by atoms with Gasteiger partial charge in [-0.2, -0.15) is 14.0 Å². The molecule has 0 bridgehead atoms. The molecule has 15 heteroatoms. The van der Waals surface area contributed by atoms with Gasteiger partial charge in [0.1, 0.15) is 41.1 Å². The Labute approximate surface area is 298 Å². The number of aromatic hydroxyl groups is 2. The number of carbonyl (C=O) groups is 2. The van der Waals surface area contributed by atoms with Gasteiger partial charge in [-0.3, -0.25) is 24.3 Å². The highest BCUT2D eigenvalue weighted by molar-refractivity contribution is 6.16. The maximum absolute atomic E-state index is 13.1. The maximum Gasteiger partial charge on any atom is 0.291 e. The number of phenolic OH excluding ortho intramolecular Hbond substituents is 2. The second kappa shape index (κ2) is 10.2. The van der Waals surface area contributed by atoms with Crippen LogP contribution in [-0.4, -0.2) is 50.6 Å². The molecule has 10 rings (SSSR count). The first-order chi connectivity index (χ1) is 25.5. The van der Waals surface area contributed by atoms with Crippen molar-refractivity contribution in [1.29, 1.82) is 0 Å². The molecule has 6 heterocycles. The van der Waals surface area contributed by atoms with Crippen LogP contribution in [0.4, 0.5) is 11.6 Å². The number of amides is 2. The van der Waals surface area contributed by atoms with Gasteiger partial charge in [0.05, 0.1) is 22.5 Å². The minimum Gasteiger partial charge on any atom is -0.508 e. The molecular formula is C38H32N11O4+. The zero-order valence-corrected chi connectivity index (χ0v) is 28.5. The summed E-state index contributed by atoms with van der Waals surface area (Å²) >= 11 is 0. The smallest absolute Gasteiger partial charge is 0.291 e.